The summed E-state index contributed by atoms with van der Waals surface area (Å²) in [4.78, 5) is 9.95. The van der Waals surface area contributed by atoms with Gasteiger partial charge in [0, 0.05) is 6.92 Å². The number of carbonyl (C=O) groups is 1. The predicted octanol–water partition coefficient (Wildman–Crippen LogP) is 1.62. The van der Waals surface area contributed by atoms with Crippen molar-refractivity contribution in [2.75, 3.05) is 6.61 Å². The van der Waals surface area contributed by atoms with Gasteiger partial charge in [-0.05, 0) is 0 Å². The van der Waals surface area contributed by atoms with Crippen molar-refractivity contribution in [1.29, 1.82) is 0 Å². The van der Waals surface area contributed by atoms with Crippen LogP contribution in [0.5, 0.6) is 0 Å². The Hall–Kier alpha value is 0.573. The molecular weight excluding hydrogens is 237 g/mol. The molecular formula is C5H9BrO2Zn. The van der Waals surface area contributed by atoms with Crippen molar-refractivity contribution in [3.05, 3.63) is 6.92 Å². The maximum absolute atomic E-state index is 9.95. The zero-order valence-electron chi connectivity index (χ0n) is 5.52. The van der Waals surface area contributed by atoms with Gasteiger partial charge < -0.3 is 11.7 Å². The first-order chi connectivity index (χ1) is 4.27. The second-order valence-corrected chi connectivity index (χ2v) is 1.19. The number of hydrogen-bond donors (Lipinski definition) is 0. The van der Waals surface area contributed by atoms with Gasteiger partial charge in [-0.3, -0.25) is 4.79 Å². The quantitative estimate of drug-likeness (QED) is 0.420. The Bertz CT molecular complexity index is 68.0. The molecule has 0 aromatic rings. The number of carbonyl (C=O) groups excluding carboxylic acids is 1. The molecule has 0 saturated carbocycles. The molecule has 4 heteroatoms. The van der Waals surface area contributed by atoms with Crippen LogP contribution in [0.25, 0.3) is 0 Å². The van der Waals surface area contributed by atoms with E-state index in [0.717, 1.165) is 0 Å². The first-order valence-corrected chi connectivity index (χ1v) is 9.41. The summed E-state index contributed by atoms with van der Waals surface area (Å²) in [6, 6.07) is 0. The van der Waals surface area contributed by atoms with E-state index in [9.17, 15) is 4.79 Å². The zero-order valence-corrected chi connectivity index (χ0v) is 10.1. The number of ether oxygens (including phenoxy) is 1. The summed E-state index contributed by atoms with van der Waals surface area (Å²) in [5.41, 5.74) is 0. The summed E-state index contributed by atoms with van der Waals surface area (Å²) >= 11 is 4.25. The number of rotatable bonds is 2. The van der Waals surface area contributed by atoms with Crippen LogP contribution in [0, 0.1) is 6.92 Å². The first kappa shape index (κ1) is 12.3. The molecule has 2 nitrogen and oxygen atoms in total. The second-order valence-electron chi connectivity index (χ2n) is 1.19. The van der Waals surface area contributed by atoms with Gasteiger partial charge in [-0.25, -0.2) is 0 Å². The molecule has 0 bridgehead atoms. The topological polar surface area (TPSA) is 26.3 Å². The van der Waals surface area contributed by atoms with Gasteiger partial charge in [-0.2, -0.15) is 0 Å². The fourth-order valence-corrected chi connectivity index (χ4v) is 0.216. The summed E-state index contributed by atoms with van der Waals surface area (Å²) in [6.07, 6.45) is 0.652. The van der Waals surface area contributed by atoms with Gasteiger partial charge in [0.05, 0.1) is 6.61 Å². The van der Waals surface area contributed by atoms with Crippen LogP contribution in [0.1, 0.15) is 13.3 Å². The summed E-state index contributed by atoms with van der Waals surface area (Å²) < 4.78 is 4.49. The van der Waals surface area contributed by atoms with E-state index in [2.05, 4.69) is 25.3 Å². The van der Waals surface area contributed by atoms with Gasteiger partial charge in [-0.15, -0.1) is 6.42 Å². The van der Waals surface area contributed by atoms with Crippen LogP contribution < -0.4 is 0 Å². The van der Waals surface area contributed by atoms with E-state index < -0.39 is 0 Å². The summed E-state index contributed by atoms with van der Waals surface area (Å²) in [5, 5.41) is 0. The summed E-state index contributed by atoms with van der Waals surface area (Å²) in [6.45, 7) is 5.30. The van der Waals surface area contributed by atoms with E-state index in [0.29, 0.717) is 13.0 Å². The Morgan fingerprint density at radius 3 is 2.33 bits per heavy atom. The molecule has 0 aliphatic rings. The molecule has 0 spiro atoms. The monoisotopic (exact) mass is 244 g/mol. The SMILES string of the molecule is [CH2-]CCOC(C)=O.[Zn+][Br]. The third-order valence-electron chi connectivity index (χ3n) is 0.450. The van der Waals surface area contributed by atoms with Gasteiger partial charge >= 0.3 is 35.9 Å². The van der Waals surface area contributed by atoms with Crippen molar-refractivity contribution < 1.29 is 25.9 Å². The minimum absolute atomic E-state index is 0.233. The Balaban J connectivity index is 0. The van der Waals surface area contributed by atoms with E-state index in [-0.39, 0.29) is 5.97 Å². The maximum atomic E-state index is 9.95. The van der Waals surface area contributed by atoms with Crippen molar-refractivity contribution >= 4 is 19.6 Å². The van der Waals surface area contributed by atoms with E-state index >= 15 is 0 Å². The van der Waals surface area contributed by atoms with Crippen molar-refractivity contribution in [3.63, 3.8) is 0 Å². The Morgan fingerprint density at radius 1 is 1.78 bits per heavy atom. The van der Waals surface area contributed by atoms with E-state index in [4.69, 9.17) is 0 Å². The van der Waals surface area contributed by atoms with E-state index in [1.54, 1.807) is 0 Å². The van der Waals surface area contributed by atoms with Crippen molar-refractivity contribution in [1.82, 2.24) is 0 Å². The summed E-state index contributed by atoms with van der Waals surface area (Å²) in [5.74, 6) is -0.233. The molecule has 0 aliphatic carbocycles. The third-order valence-corrected chi connectivity index (χ3v) is 0.450. The molecule has 50 valence electrons. The fourth-order valence-electron chi connectivity index (χ4n) is 0.216. The van der Waals surface area contributed by atoms with Gasteiger partial charge in [0.15, 0.2) is 0 Å². The molecule has 0 unspecified atom stereocenters. The van der Waals surface area contributed by atoms with Crippen LogP contribution in [0.15, 0.2) is 0 Å². The standard InChI is InChI=1S/C5H9O2.BrH.Zn/c1-3-4-7-5(2)6;;/h1,3-4H2,2H3;1H;/q-1;;+2/p-1. The summed E-state index contributed by atoms with van der Waals surface area (Å²) in [7, 11) is 0. The molecule has 0 aromatic heterocycles. The van der Waals surface area contributed by atoms with Gasteiger partial charge in [0.25, 0.3) is 0 Å². The molecule has 0 aromatic carbocycles. The van der Waals surface area contributed by atoms with Crippen LogP contribution in [0.2, 0.25) is 0 Å². The van der Waals surface area contributed by atoms with Gasteiger partial charge in [-0.1, -0.05) is 0 Å². The van der Waals surface area contributed by atoms with E-state index in [1.165, 1.54) is 23.3 Å². The fraction of sp³-hybridized carbons (Fsp3) is 0.600. The Kier molecular flexibility index (Phi) is 15.5. The molecule has 9 heavy (non-hydrogen) atoms. The number of halogens is 1. The zero-order chi connectivity index (χ0) is 7.70. The molecule has 0 amide bonds. The molecule has 0 saturated heterocycles. The minimum atomic E-state index is -0.233. The van der Waals surface area contributed by atoms with E-state index in [1.807, 2.05) is 0 Å². The van der Waals surface area contributed by atoms with Crippen LogP contribution in [-0.2, 0) is 25.9 Å². The molecule has 0 aliphatic heterocycles. The molecule has 0 atom stereocenters. The first-order valence-electron chi connectivity index (χ1n) is 2.46. The molecule has 0 radical (unpaired) electrons. The third kappa shape index (κ3) is 17.7. The van der Waals surface area contributed by atoms with Crippen molar-refractivity contribution in [3.8, 4) is 0 Å². The number of hydrogen-bond acceptors (Lipinski definition) is 2. The van der Waals surface area contributed by atoms with Crippen LogP contribution in [0.3, 0.4) is 0 Å². The normalized spacial score (nSPS) is 7.22. The average molecular weight is 246 g/mol. The van der Waals surface area contributed by atoms with Crippen LogP contribution in [0.4, 0.5) is 0 Å². The molecule has 0 N–H and O–H groups in total. The molecule has 0 fully saturated rings. The van der Waals surface area contributed by atoms with Crippen molar-refractivity contribution in [2.24, 2.45) is 0 Å². The predicted molar refractivity (Wildman–Crippen MR) is 35.5 cm³/mol. The van der Waals surface area contributed by atoms with Crippen LogP contribution >= 0.6 is 13.6 Å². The Labute approximate surface area is 72.4 Å². The molecule has 0 rings (SSSR count). The van der Waals surface area contributed by atoms with Crippen molar-refractivity contribution in [2.45, 2.75) is 13.3 Å². The molecule has 0 heterocycles. The van der Waals surface area contributed by atoms with Gasteiger partial charge in [0.2, 0.25) is 0 Å². The Morgan fingerprint density at radius 2 is 2.22 bits per heavy atom. The second kappa shape index (κ2) is 11.4. The van der Waals surface area contributed by atoms with Crippen LogP contribution in [-0.4, -0.2) is 12.6 Å². The van der Waals surface area contributed by atoms with Gasteiger partial charge in [0.1, 0.15) is 0 Å². The number of esters is 1. The average Bonchev–Trinajstić information content (AvgIpc) is 1.88.